The van der Waals surface area contributed by atoms with Crippen LogP contribution >= 0.6 is 0 Å². The number of hydrazone groups is 2. The molecule has 0 saturated carbocycles. The van der Waals surface area contributed by atoms with Crippen LogP contribution in [0.5, 0.6) is 0 Å². The zero-order valence-electron chi connectivity index (χ0n) is 14.0. The van der Waals surface area contributed by atoms with Crippen LogP contribution in [0.15, 0.2) is 58.7 Å². The second-order valence-corrected chi connectivity index (χ2v) is 5.03. The summed E-state index contributed by atoms with van der Waals surface area (Å²) < 4.78 is 0. The molecule has 0 heterocycles. The van der Waals surface area contributed by atoms with Crippen LogP contribution < -0.4 is 10.9 Å². The molecule has 0 radical (unpaired) electrons. The normalized spacial score (nSPS) is 10.7. The van der Waals surface area contributed by atoms with Crippen molar-refractivity contribution in [2.24, 2.45) is 10.2 Å². The number of carbonyl (C=O) groups is 2. The average molecular weight is 384 g/mol. The first kappa shape index (κ1) is 19.8. The summed E-state index contributed by atoms with van der Waals surface area (Å²) in [7, 11) is 0. The molecule has 2 aromatic rings. The van der Waals surface area contributed by atoms with E-state index in [9.17, 15) is 29.8 Å². The average Bonchev–Trinajstić information content (AvgIpc) is 2.68. The van der Waals surface area contributed by atoms with Crippen molar-refractivity contribution in [3.8, 4) is 0 Å². The van der Waals surface area contributed by atoms with Crippen LogP contribution in [0.1, 0.15) is 11.1 Å². The van der Waals surface area contributed by atoms with Gasteiger partial charge in [-0.1, -0.05) is 24.3 Å². The quantitative estimate of drug-likeness (QED) is 0.327. The maximum Gasteiger partial charge on any atom is 0.331 e. The third kappa shape index (κ3) is 5.26. The van der Waals surface area contributed by atoms with Gasteiger partial charge in [-0.3, -0.25) is 29.8 Å². The first-order chi connectivity index (χ1) is 13.4. The largest absolute Gasteiger partial charge is 0.331 e. The van der Waals surface area contributed by atoms with Crippen molar-refractivity contribution >= 4 is 35.6 Å². The van der Waals surface area contributed by atoms with E-state index in [0.29, 0.717) is 0 Å². The van der Waals surface area contributed by atoms with Crippen LogP contribution in [0.25, 0.3) is 0 Å². The SMILES string of the molecule is O=C(N/N=C\c1ccccc1[N+](=O)[O-])C(=O)N/N=C\c1ccccc1[N+](=O)[O-]. The monoisotopic (exact) mass is 384 g/mol. The topological polar surface area (TPSA) is 169 Å². The minimum Gasteiger partial charge on any atom is -0.262 e. The van der Waals surface area contributed by atoms with Gasteiger partial charge in [0.05, 0.1) is 33.4 Å². The van der Waals surface area contributed by atoms with Gasteiger partial charge in [0.2, 0.25) is 0 Å². The summed E-state index contributed by atoms with van der Waals surface area (Å²) in [5, 5.41) is 28.7. The van der Waals surface area contributed by atoms with Crippen molar-refractivity contribution in [2.45, 2.75) is 0 Å². The lowest BCUT2D eigenvalue weighted by Gasteiger charge is -1.99. The second kappa shape index (κ2) is 9.28. The number of hydrogen-bond donors (Lipinski definition) is 2. The summed E-state index contributed by atoms with van der Waals surface area (Å²) in [5.41, 5.74) is 3.59. The first-order valence-corrected chi connectivity index (χ1v) is 7.53. The maximum atomic E-state index is 11.6. The Labute approximate surface area is 156 Å². The fraction of sp³-hybridized carbons (Fsp3) is 0. The van der Waals surface area contributed by atoms with Gasteiger partial charge in [0.15, 0.2) is 0 Å². The molecule has 0 aliphatic rings. The number of benzene rings is 2. The van der Waals surface area contributed by atoms with Gasteiger partial charge < -0.3 is 0 Å². The Balaban J connectivity index is 1.95. The highest BCUT2D eigenvalue weighted by atomic mass is 16.6. The molecule has 12 nitrogen and oxygen atoms in total. The van der Waals surface area contributed by atoms with Crippen molar-refractivity contribution < 1.29 is 19.4 Å². The van der Waals surface area contributed by atoms with E-state index in [0.717, 1.165) is 12.4 Å². The molecule has 12 heteroatoms. The van der Waals surface area contributed by atoms with Gasteiger partial charge in [0.1, 0.15) is 0 Å². The summed E-state index contributed by atoms with van der Waals surface area (Å²) in [4.78, 5) is 43.7. The molecule has 0 aliphatic carbocycles. The lowest BCUT2D eigenvalue weighted by atomic mass is 10.2. The second-order valence-electron chi connectivity index (χ2n) is 5.03. The molecular weight excluding hydrogens is 372 g/mol. The van der Waals surface area contributed by atoms with E-state index in [2.05, 4.69) is 10.2 Å². The van der Waals surface area contributed by atoms with Crippen LogP contribution in [0.4, 0.5) is 11.4 Å². The summed E-state index contributed by atoms with van der Waals surface area (Å²) in [5.74, 6) is -2.37. The fourth-order valence-electron chi connectivity index (χ4n) is 1.95. The lowest BCUT2D eigenvalue weighted by molar-refractivity contribution is -0.385. The Hall–Kier alpha value is -4.48. The smallest absolute Gasteiger partial charge is 0.262 e. The van der Waals surface area contributed by atoms with Gasteiger partial charge >= 0.3 is 11.8 Å². The van der Waals surface area contributed by atoms with E-state index >= 15 is 0 Å². The number of carbonyl (C=O) groups excluding carboxylic acids is 2. The Bertz CT molecular complexity index is 908. The number of para-hydroxylation sites is 2. The number of nitrogens with zero attached hydrogens (tertiary/aromatic N) is 4. The van der Waals surface area contributed by atoms with Crippen molar-refractivity contribution in [1.29, 1.82) is 0 Å². The predicted molar refractivity (Wildman–Crippen MR) is 97.7 cm³/mol. The standard InChI is InChI=1S/C16H12N6O6/c23-15(19-17-9-11-5-1-3-7-13(11)21(25)26)16(24)20-18-10-12-6-2-4-8-14(12)22(27)28/h1-10H,(H,19,23)(H,20,24)/b17-9-,18-10-. The molecule has 0 atom stereocenters. The van der Waals surface area contributed by atoms with Gasteiger partial charge in [0.25, 0.3) is 11.4 Å². The first-order valence-electron chi connectivity index (χ1n) is 7.53. The van der Waals surface area contributed by atoms with E-state index in [4.69, 9.17) is 0 Å². The molecule has 0 saturated heterocycles. The number of nitrogens with one attached hydrogen (secondary N) is 2. The number of nitro benzene ring substituents is 2. The van der Waals surface area contributed by atoms with E-state index in [1.54, 1.807) is 12.1 Å². The van der Waals surface area contributed by atoms with Crippen LogP contribution in [0.3, 0.4) is 0 Å². The maximum absolute atomic E-state index is 11.6. The highest BCUT2D eigenvalue weighted by molar-refractivity contribution is 6.35. The van der Waals surface area contributed by atoms with E-state index in [1.165, 1.54) is 36.4 Å². The molecule has 0 aliphatic heterocycles. The fourth-order valence-corrected chi connectivity index (χ4v) is 1.95. The molecule has 0 aromatic heterocycles. The minimum absolute atomic E-state index is 0.127. The Morgan fingerprint density at radius 2 is 1.11 bits per heavy atom. The summed E-state index contributed by atoms with van der Waals surface area (Å²) >= 11 is 0. The van der Waals surface area contributed by atoms with Crippen molar-refractivity contribution in [3.63, 3.8) is 0 Å². The molecule has 142 valence electrons. The third-order valence-corrected chi connectivity index (χ3v) is 3.21. The van der Waals surface area contributed by atoms with Crippen molar-refractivity contribution in [2.75, 3.05) is 0 Å². The molecule has 0 fully saturated rings. The Kier molecular flexibility index (Phi) is 6.58. The Morgan fingerprint density at radius 1 is 0.750 bits per heavy atom. The molecule has 28 heavy (non-hydrogen) atoms. The molecule has 0 unspecified atom stereocenters. The number of amides is 2. The van der Waals surface area contributed by atoms with Gasteiger partial charge in [-0.2, -0.15) is 10.2 Å². The van der Waals surface area contributed by atoms with Crippen molar-refractivity contribution in [3.05, 3.63) is 79.9 Å². The highest BCUT2D eigenvalue weighted by Gasteiger charge is 2.14. The third-order valence-electron chi connectivity index (χ3n) is 3.21. The number of nitro groups is 2. The van der Waals surface area contributed by atoms with Crippen LogP contribution in [-0.4, -0.2) is 34.1 Å². The highest BCUT2D eigenvalue weighted by Crippen LogP contribution is 2.15. The number of hydrogen-bond acceptors (Lipinski definition) is 8. The van der Waals surface area contributed by atoms with Gasteiger partial charge in [-0.25, -0.2) is 10.9 Å². The predicted octanol–water partition coefficient (Wildman–Crippen LogP) is 1.10. The number of rotatable bonds is 6. The molecule has 2 N–H and O–H groups in total. The molecule has 2 amide bonds. The van der Waals surface area contributed by atoms with E-state index in [1.807, 2.05) is 10.9 Å². The minimum atomic E-state index is -1.19. The van der Waals surface area contributed by atoms with Gasteiger partial charge in [-0.15, -0.1) is 0 Å². The molecule has 2 rings (SSSR count). The zero-order valence-corrected chi connectivity index (χ0v) is 14.0. The van der Waals surface area contributed by atoms with E-state index < -0.39 is 21.7 Å². The van der Waals surface area contributed by atoms with Crippen LogP contribution in [0, 0.1) is 20.2 Å². The molecule has 0 spiro atoms. The van der Waals surface area contributed by atoms with E-state index in [-0.39, 0.29) is 22.5 Å². The lowest BCUT2D eigenvalue weighted by Crippen LogP contribution is -2.35. The Morgan fingerprint density at radius 3 is 1.46 bits per heavy atom. The van der Waals surface area contributed by atoms with Crippen LogP contribution in [-0.2, 0) is 9.59 Å². The van der Waals surface area contributed by atoms with Crippen molar-refractivity contribution in [1.82, 2.24) is 10.9 Å². The zero-order chi connectivity index (χ0) is 20.5. The summed E-state index contributed by atoms with van der Waals surface area (Å²) in [6.07, 6.45) is 2.03. The molecular formula is C16H12N6O6. The summed E-state index contributed by atoms with van der Waals surface area (Å²) in [6, 6.07) is 11.4. The molecule has 0 bridgehead atoms. The van der Waals surface area contributed by atoms with Gasteiger partial charge in [-0.05, 0) is 12.1 Å². The van der Waals surface area contributed by atoms with Crippen LogP contribution in [0.2, 0.25) is 0 Å². The van der Waals surface area contributed by atoms with Gasteiger partial charge in [0, 0.05) is 12.1 Å². The summed E-state index contributed by atoms with van der Waals surface area (Å²) in [6.45, 7) is 0. The molecule has 2 aromatic carbocycles.